The number of benzene rings is 2. The van der Waals surface area contributed by atoms with Crippen molar-refractivity contribution in [2.75, 3.05) is 10.2 Å². The largest absolute Gasteiger partial charge is 0.360 e. The van der Waals surface area contributed by atoms with E-state index in [-0.39, 0.29) is 24.6 Å². The third-order valence-corrected chi connectivity index (χ3v) is 5.65. The summed E-state index contributed by atoms with van der Waals surface area (Å²) in [7, 11) is 0. The average Bonchev–Trinajstić information content (AvgIpc) is 3.20. The van der Waals surface area contributed by atoms with Crippen molar-refractivity contribution in [3.8, 4) is 0 Å². The summed E-state index contributed by atoms with van der Waals surface area (Å²) in [5.41, 5.74) is 1.30. The van der Waals surface area contributed by atoms with Crippen LogP contribution >= 0.6 is 11.6 Å². The molecular weight excluding hydrogens is 480 g/mol. The van der Waals surface area contributed by atoms with E-state index in [4.69, 9.17) is 16.1 Å². The van der Waals surface area contributed by atoms with Crippen LogP contribution in [0.5, 0.6) is 0 Å². The zero-order valence-corrected chi connectivity index (χ0v) is 21.8. The molecule has 0 radical (unpaired) electrons. The Morgan fingerprint density at radius 3 is 2.31 bits per heavy atom. The fourth-order valence-corrected chi connectivity index (χ4v) is 3.99. The lowest BCUT2D eigenvalue weighted by Gasteiger charge is -2.35. The molecule has 0 aliphatic rings. The minimum Gasteiger partial charge on any atom is -0.360 e. The minimum atomic E-state index is -1.05. The SMILES string of the molecule is Cc1cc(NC(=O)CCC(=O)N(c2ccccc2C)C(C(=O)NC(C)(C)C)c2ccccc2Cl)no1. The lowest BCUT2D eigenvalue weighted by atomic mass is 9.99. The third kappa shape index (κ3) is 6.95. The molecule has 0 saturated heterocycles. The zero-order valence-electron chi connectivity index (χ0n) is 21.1. The summed E-state index contributed by atoms with van der Waals surface area (Å²) in [6.07, 6.45) is -0.246. The van der Waals surface area contributed by atoms with Gasteiger partial charge in [0.25, 0.3) is 0 Å². The van der Waals surface area contributed by atoms with Crippen LogP contribution in [0.4, 0.5) is 11.5 Å². The number of hydrogen-bond acceptors (Lipinski definition) is 5. The maximum Gasteiger partial charge on any atom is 0.248 e. The number of para-hydroxylation sites is 1. The number of aryl methyl sites for hydroxylation is 2. The van der Waals surface area contributed by atoms with E-state index >= 15 is 0 Å². The predicted octanol–water partition coefficient (Wildman–Crippen LogP) is 5.35. The Labute approximate surface area is 216 Å². The highest BCUT2D eigenvalue weighted by Crippen LogP contribution is 2.34. The molecule has 1 unspecified atom stereocenters. The van der Waals surface area contributed by atoms with Crippen molar-refractivity contribution in [2.24, 2.45) is 0 Å². The van der Waals surface area contributed by atoms with Gasteiger partial charge in [0.05, 0.1) is 0 Å². The van der Waals surface area contributed by atoms with Gasteiger partial charge in [0.15, 0.2) is 5.82 Å². The summed E-state index contributed by atoms with van der Waals surface area (Å²) in [4.78, 5) is 41.3. The highest BCUT2D eigenvalue weighted by molar-refractivity contribution is 6.31. The van der Waals surface area contributed by atoms with Crippen molar-refractivity contribution in [3.63, 3.8) is 0 Å². The number of anilines is 2. The Balaban J connectivity index is 1.98. The van der Waals surface area contributed by atoms with Crippen LogP contribution in [-0.4, -0.2) is 28.4 Å². The van der Waals surface area contributed by atoms with E-state index in [9.17, 15) is 14.4 Å². The van der Waals surface area contributed by atoms with E-state index < -0.39 is 23.4 Å². The summed E-state index contributed by atoms with van der Waals surface area (Å²) in [5.74, 6) is -0.340. The quantitative estimate of drug-likeness (QED) is 0.425. The van der Waals surface area contributed by atoms with Gasteiger partial charge in [-0.15, -0.1) is 0 Å². The third-order valence-electron chi connectivity index (χ3n) is 5.31. The first-order chi connectivity index (χ1) is 17.0. The van der Waals surface area contributed by atoms with Crippen LogP contribution in [0, 0.1) is 13.8 Å². The molecule has 0 spiro atoms. The van der Waals surface area contributed by atoms with Crippen molar-refractivity contribution in [1.82, 2.24) is 10.5 Å². The van der Waals surface area contributed by atoms with E-state index in [1.807, 2.05) is 39.8 Å². The van der Waals surface area contributed by atoms with Crippen molar-refractivity contribution >= 4 is 40.8 Å². The van der Waals surface area contributed by atoms with Crippen LogP contribution in [0.25, 0.3) is 0 Å². The molecule has 3 amide bonds. The van der Waals surface area contributed by atoms with Crippen molar-refractivity contribution in [2.45, 2.75) is 59.0 Å². The van der Waals surface area contributed by atoms with Crippen molar-refractivity contribution in [3.05, 3.63) is 76.5 Å². The molecule has 36 heavy (non-hydrogen) atoms. The maximum absolute atomic E-state index is 13.7. The molecule has 8 nitrogen and oxygen atoms in total. The number of amides is 3. The molecule has 0 aliphatic heterocycles. The van der Waals surface area contributed by atoms with E-state index in [0.717, 1.165) is 5.56 Å². The Kier molecular flexibility index (Phi) is 8.53. The van der Waals surface area contributed by atoms with Crippen molar-refractivity contribution in [1.29, 1.82) is 0 Å². The van der Waals surface area contributed by atoms with Gasteiger partial charge in [0, 0.05) is 40.7 Å². The van der Waals surface area contributed by atoms with Gasteiger partial charge in [0.1, 0.15) is 11.8 Å². The molecule has 1 aromatic heterocycles. The number of hydrogen-bond donors (Lipinski definition) is 2. The molecule has 1 heterocycles. The first-order valence-electron chi connectivity index (χ1n) is 11.6. The van der Waals surface area contributed by atoms with Gasteiger partial charge in [-0.25, -0.2) is 0 Å². The Hall–Kier alpha value is -3.65. The number of nitrogens with one attached hydrogen (secondary N) is 2. The van der Waals surface area contributed by atoms with Gasteiger partial charge in [-0.1, -0.05) is 53.2 Å². The average molecular weight is 511 g/mol. The minimum absolute atomic E-state index is 0.108. The van der Waals surface area contributed by atoms with E-state index in [1.165, 1.54) is 4.90 Å². The summed E-state index contributed by atoms with van der Waals surface area (Å²) < 4.78 is 4.96. The second-order valence-corrected chi connectivity index (χ2v) is 9.99. The lowest BCUT2D eigenvalue weighted by molar-refractivity contribution is -0.128. The van der Waals surface area contributed by atoms with Gasteiger partial charge < -0.3 is 15.2 Å². The van der Waals surface area contributed by atoms with Crippen LogP contribution in [-0.2, 0) is 14.4 Å². The topological polar surface area (TPSA) is 105 Å². The number of carbonyl (C=O) groups excluding carboxylic acids is 3. The maximum atomic E-state index is 13.7. The van der Waals surface area contributed by atoms with Crippen molar-refractivity contribution < 1.29 is 18.9 Å². The number of nitrogens with zero attached hydrogens (tertiary/aromatic N) is 2. The molecule has 3 rings (SSSR count). The molecule has 0 saturated carbocycles. The number of rotatable bonds is 8. The summed E-state index contributed by atoms with van der Waals surface area (Å²) >= 11 is 6.53. The second kappa shape index (κ2) is 11.4. The highest BCUT2D eigenvalue weighted by atomic mass is 35.5. The second-order valence-electron chi connectivity index (χ2n) is 9.58. The number of halogens is 1. The molecule has 190 valence electrons. The summed E-state index contributed by atoms with van der Waals surface area (Å²) in [5, 5.41) is 9.70. The lowest BCUT2D eigenvalue weighted by Crippen LogP contribution is -2.49. The number of aromatic nitrogens is 1. The van der Waals surface area contributed by atoms with Crippen LogP contribution < -0.4 is 15.5 Å². The molecule has 3 aromatic rings. The van der Waals surface area contributed by atoms with Gasteiger partial charge in [-0.3, -0.25) is 19.3 Å². The molecule has 2 aromatic carbocycles. The molecule has 0 fully saturated rings. The fourth-order valence-electron chi connectivity index (χ4n) is 3.76. The molecule has 1 atom stereocenters. The first kappa shape index (κ1) is 26.9. The Bertz CT molecular complexity index is 1250. The van der Waals surface area contributed by atoms with Crippen LogP contribution in [0.3, 0.4) is 0 Å². The molecule has 9 heteroatoms. The predicted molar refractivity (Wildman–Crippen MR) is 140 cm³/mol. The van der Waals surface area contributed by atoms with Gasteiger partial charge in [-0.2, -0.15) is 0 Å². The van der Waals surface area contributed by atoms with Crippen LogP contribution in [0.2, 0.25) is 5.02 Å². The van der Waals surface area contributed by atoms with E-state index in [1.54, 1.807) is 49.4 Å². The van der Waals surface area contributed by atoms with Crippen LogP contribution in [0.15, 0.2) is 59.1 Å². The monoisotopic (exact) mass is 510 g/mol. The van der Waals surface area contributed by atoms with E-state index in [0.29, 0.717) is 22.0 Å². The Morgan fingerprint density at radius 1 is 1.03 bits per heavy atom. The molecule has 0 bridgehead atoms. The molecule has 0 aliphatic carbocycles. The van der Waals surface area contributed by atoms with Gasteiger partial charge in [0.2, 0.25) is 17.7 Å². The normalized spacial score (nSPS) is 12.1. The highest BCUT2D eigenvalue weighted by Gasteiger charge is 2.36. The van der Waals surface area contributed by atoms with Crippen LogP contribution in [0.1, 0.15) is 56.5 Å². The zero-order chi connectivity index (χ0) is 26.5. The molecule has 2 N–H and O–H groups in total. The van der Waals surface area contributed by atoms with Gasteiger partial charge in [-0.05, 0) is 52.3 Å². The summed E-state index contributed by atoms with van der Waals surface area (Å²) in [6, 6.07) is 14.8. The summed E-state index contributed by atoms with van der Waals surface area (Å²) in [6.45, 7) is 9.17. The Morgan fingerprint density at radius 2 is 1.69 bits per heavy atom. The van der Waals surface area contributed by atoms with Gasteiger partial charge >= 0.3 is 0 Å². The molecular formula is C27H31ClN4O4. The van der Waals surface area contributed by atoms with E-state index in [2.05, 4.69) is 15.8 Å². The smallest absolute Gasteiger partial charge is 0.248 e. The standard InChI is InChI=1S/C27H31ClN4O4/c1-17-10-6-9-13-21(17)32(24(34)15-14-23(33)29-22-16-18(2)36-31-22)25(26(35)30-27(3,4)5)19-11-7-8-12-20(19)28/h6-13,16,25H,14-15H2,1-5H3,(H,30,35)(H,29,31,33). The first-order valence-corrected chi connectivity index (χ1v) is 12.0. The fraction of sp³-hybridized carbons (Fsp3) is 0.333. The number of carbonyl (C=O) groups is 3.